The van der Waals surface area contributed by atoms with Crippen LogP contribution in [0.25, 0.3) is 0 Å². The van der Waals surface area contributed by atoms with Crippen LogP contribution >= 0.6 is 11.8 Å². The van der Waals surface area contributed by atoms with Crippen LogP contribution in [0.2, 0.25) is 0 Å². The average molecular weight is 268 g/mol. The van der Waals surface area contributed by atoms with E-state index in [1.807, 2.05) is 0 Å². The first-order valence-corrected chi connectivity index (χ1v) is 6.57. The maximum atomic E-state index is 13.5. The topological polar surface area (TPSA) is 72.2 Å². The summed E-state index contributed by atoms with van der Waals surface area (Å²) in [4.78, 5) is 22.7. The zero-order valence-corrected chi connectivity index (χ0v) is 10.4. The van der Waals surface area contributed by atoms with Gasteiger partial charge in [0.1, 0.15) is 11.9 Å². The summed E-state index contributed by atoms with van der Waals surface area (Å²) in [6.07, 6.45) is 0.314. The first-order chi connectivity index (χ1) is 8.58. The van der Waals surface area contributed by atoms with Crippen LogP contribution in [0.3, 0.4) is 0 Å². The number of hydrogen-bond acceptors (Lipinski definition) is 3. The number of thioether (sulfide) groups is 1. The molecule has 0 aromatic heterocycles. The van der Waals surface area contributed by atoms with Crippen molar-refractivity contribution in [2.24, 2.45) is 5.73 Å². The molecule has 96 valence electrons. The molecular formula is C12H13FN2O2S. The molecule has 1 aromatic carbocycles. The maximum Gasteiger partial charge on any atom is 0.240 e. The molecule has 2 amide bonds. The largest absolute Gasteiger partial charge is 0.368 e. The average Bonchev–Trinajstić information content (AvgIpc) is 2.34. The van der Waals surface area contributed by atoms with Crippen molar-refractivity contribution in [2.45, 2.75) is 17.7 Å². The molecule has 6 heteroatoms. The molecule has 1 fully saturated rings. The third-order valence-electron chi connectivity index (χ3n) is 2.78. The summed E-state index contributed by atoms with van der Waals surface area (Å²) in [6, 6.07) is 5.74. The molecule has 2 atom stereocenters. The highest BCUT2D eigenvalue weighted by Gasteiger charge is 2.31. The summed E-state index contributed by atoms with van der Waals surface area (Å²) in [5.74, 6) is -0.693. The summed E-state index contributed by atoms with van der Waals surface area (Å²) in [5, 5.41) is 2.17. The highest BCUT2D eigenvalue weighted by Crippen LogP contribution is 2.22. The lowest BCUT2D eigenvalue weighted by Crippen LogP contribution is -2.53. The number of carbonyl (C=O) groups excluding carboxylic acids is 2. The lowest BCUT2D eigenvalue weighted by atomic mass is 10.1. The van der Waals surface area contributed by atoms with Crippen molar-refractivity contribution >= 4 is 23.6 Å². The van der Waals surface area contributed by atoms with E-state index in [1.165, 1.54) is 17.8 Å². The van der Waals surface area contributed by atoms with Crippen LogP contribution in [-0.2, 0) is 16.0 Å². The molecule has 1 aliphatic heterocycles. The minimum Gasteiger partial charge on any atom is -0.368 e. The molecule has 1 heterocycles. The van der Waals surface area contributed by atoms with Gasteiger partial charge in [0, 0.05) is 5.75 Å². The van der Waals surface area contributed by atoms with Crippen LogP contribution in [-0.4, -0.2) is 28.9 Å². The van der Waals surface area contributed by atoms with Gasteiger partial charge in [-0.2, -0.15) is 0 Å². The minimum absolute atomic E-state index is 0.265. The summed E-state index contributed by atoms with van der Waals surface area (Å²) in [6.45, 7) is 0. The molecule has 0 unspecified atom stereocenters. The quantitative estimate of drug-likeness (QED) is 0.836. The third-order valence-corrected chi connectivity index (χ3v) is 4.09. The summed E-state index contributed by atoms with van der Waals surface area (Å²) in [7, 11) is 0. The number of carbonyl (C=O) groups is 2. The van der Waals surface area contributed by atoms with E-state index < -0.39 is 11.9 Å². The van der Waals surface area contributed by atoms with Crippen LogP contribution in [0.4, 0.5) is 4.39 Å². The van der Waals surface area contributed by atoms with E-state index in [4.69, 9.17) is 5.73 Å². The predicted molar refractivity (Wildman–Crippen MR) is 67.5 cm³/mol. The summed E-state index contributed by atoms with van der Waals surface area (Å²) < 4.78 is 13.5. The molecule has 0 saturated carbocycles. The number of rotatable bonds is 3. The molecule has 2 rings (SSSR count). The Morgan fingerprint density at radius 1 is 1.50 bits per heavy atom. The molecular weight excluding hydrogens is 255 g/mol. The lowest BCUT2D eigenvalue weighted by Gasteiger charge is -2.26. The van der Waals surface area contributed by atoms with Gasteiger partial charge in [0.25, 0.3) is 0 Å². The minimum atomic E-state index is -0.626. The number of primary amides is 1. The molecule has 1 saturated heterocycles. The molecule has 0 spiro atoms. The number of amides is 2. The number of nitrogens with two attached hydrogens (primary N) is 1. The smallest absolute Gasteiger partial charge is 0.240 e. The van der Waals surface area contributed by atoms with Gasteiger partial charge < -0.3 is 11.1 Å². The van der Waals surface area contributed by atoms with Crippen LogP contribution in [0.5, 0.6) is 0 Å². The predicted octanol–water partition coefficient (Wildman–Crippen LogP) is 0.454. The van der Waals surface area contributed by atoms with Crippen molar-refractivity contribution in [3.63, 3.8) is 0 Å². The Labute approximate surface area is 108 Å². The number of benzene rings is 1. The highest BCUT2D eigenvalue weighted by molar-refractivity contribution is 8.00. The first kappa shape index (κ1) is 12.9. The van der Waals surface area contributed by atoms with Gasteiger partial charge in [0.05, 0.1) is 5.25 Å². The Bertz CT molecular complexity index is 481. The van der Waals surface area contributed by atoms with E-state index in [0.717, 1.165) is 0 Å². The second kappa shape index (κ2) is 5.39. The molecule has 0 aliphatic carbocycles. The monoisotopic (exact) mass is 268 g/mol. The molecule has 4 nitrogen and oxygen atoms in total. The molecule has 3 N–H and O–H groups in total. The third kappa shape index (κ3) is 2.81. The maximum absolute atomic E-state index is 13.5. The van der Waals surface area contributed by atoms with Crippen molar-refractivity contribution in [3.05, 3.63) is 35.6 Å². The summed E-state index contributed by atoms with van der Waals surface area (Å²) >= 11 is 1.33. The Morgan fingerprint density at radius 3 is 2.83 bits per heavy atom. The van der Waals surface area contributed by atoms with Crippen molar-refractivity contribution in [2.75, 3.05) is 5.75 Å². The molecule has 1 aliphatic rings. The normalized spacial score (nSPS) is 23.5. The van der Waals surface area contributed by atoms with Gasteiger partial charge in [-0.1, -0.05) is 18.2 Å². The van der Waals surface area contributed by atoms with Gasteiger partial charge in [-0.15, -0.1) is 11.8 Å². The molecule has 0 radical (unpaired) electrons. The fourth-order valence-electron chi connectivity index (χ4n) is 1.76. The molecule has 0 bridgehead atoms. The van der Waals surface area contributed by atoms with Gasteiger partial charge in [-0.25, -0.2) is 4.39 Å². The zero-order chi connectivity index (χ0) is 13.1. The van der Waals surface area contributed by atoms with E-state index >= 15 is 0 Å². The second-order valence-corrected chi connectivity index (χ2v) is 5.32. The Hall–Kier alpha value is -1.56. The van der Waals surface area contributed by atoms with E-state index in [-0.39, 0.29) is 17.0 Å². The van der Waals surface area contributed by atoms with Gasteiger partial charge in [-0.05, 0) is 18.1 Å². The van der Waals surface area contributed by atoms with Crippen molar-refractivity contribution < 1.29 is 14.0 Å². The van der Waals surface area contributed by atoms with Crippen LogP contribution in [0.1, 0.15) is 5.56 Å². The van der Waals surface area contributed by atoms with Crippen molar-refractivity contribution in [1.29, 1.82) is 0 Å². The molecule has 18 heavy (non-hydrogen) atoms. The fraction of sp³-hybridized carbons (Fsp3) is 0.333. The van der Waals surface area contributed by atoms with E-state index in [2.05, 4.69) is 5.32 Å². The van der Waals surface area contributed by atoms with E-state index in [1.54, 1.807) is 18.2 Å². The van der Waals surface area contributed by atoms with Crippen molar-refractivity contribution in [3.8, 4) is 0 Å². The van der Waals surface area contributed by atoms with Gasteiger partial charge in [0.2, 0.25) is 11.8 Å². The lowest BCUT2D eigenvalue weighted by molar-refractivity contribution is -0.127. The van der Waals surface area contributed by atoms with Crippen LogP contribution in [0, 0.1) is 5.82 Å². The zero-order valence-electron chi connectivity index (χ0n) is 9.56. The second-order valence-electron chi connectivity index (χ2n) is 4.08. The Kier molecular flexibility index (Phi) is 3.86. The number of hydrogen-bond donors (Lipinski definition) is 2. The number of halogens is 1. The highest BCUT2D eigenvalue weighted by atomic mass is 32.2. The summed E-state index contributed by atoms with van der Waals surface area (Å²) in [5.41, 5.74) is 5.63. The van der Waals surface area contributed by atoms with Crippen LogP contribution in [0.15, 0.2) is 24.3 Å². The van der Waals surface area contributed by atoms with E-state index in [9.17, 15) is 14.0 Å². The van der Waals surface area contributed by atoms with Crippen LogP contribution < -0.4 is 11.1 Å². The standard InChI is InChI=1S/C12H13FN2O2S/c13-8-4-2-1-3-7(8)5-10-12(17)15-9(6-18-10)11(14)16/h1-4,9-10H,5-6H2,(H2,14,16)(H,15,17)/t9-,10-/m0/s1. The number of nitrogens with one attached hydrogen (secondary N) is 1. The van der Waals surface area contributed by atoms with E-state index in [0.29, 0.717) is 17.7 Å². The fourth-order valence-corrected chi connectivity index (χ4v) is 2.95. The van der Waals surface area contributed by atoms with Gasteiger partial charge in [-0.3, -0.25) is 9.59 Å². The van der Waals surface area contributed by atoms with Crippen molar-refractivity contribution in [1.82, 2.24) is 5.32 Å². The molecule has 1 aromatic rings. The van der Waals surface area contributed by atoms with Gasteiger partial charge in [0.15, 0.2) is 0 Å². The SMILES string of the molecule is NC(=O)[C@@H]1CS[C@@H](Cc2ccccc2F)C(=O)N1. The Morgan fingerprint density at radius 2 is 2.22 bits per heavy atom. The first-order valence-electron chi connectivity index (χ1n) is 5.52. The Balaban J connectivity index is 2.02. The van der Waals surface area contributed by atoms with Gasteiger partial charge >= 0.3 is 0 Å².